The van der Waals surface area contributed by atoms with Crippen molar-refractivity contribution >= 4 is 0 Å². The van der Waals surface area contributed by atoms with Gasteiger partial charge in [0.1, 0.15) is 0 Å². The number of nitrogens with one attached hydrogen (secondary N) is 1. The van der Waals surface area contributed by atoms with Crippen molar-refractivity contribution in [1.29, 1.82) is 0 Å². The highest BCUT2D eigenvalue weighted by molar-refractivity contribution is 4.84. The number of likely N-dealkylation sites (N-methyl/N-ethyl adjacent to an activating group) is 1. The van der Waals surface area contributed by atoms with Gasteiger partial charge in [0, 0.05) is 18.6 Å². The van der Waals surface area contributed by atoms with Crippen LogP contribution in [0.15, 0.2) is 0 Å². The van der Waals surface area contributed by atoms with Gasteiger partial charge in [0.25, 0.3) is 0 Å². The van der Waals surface area contributed by atoms with Crippen LogP contribution in [0.1, 0.15) is 40.0 Å². The van der Waals surface area contributed by atoms with Crippen molar-refractivity contribution in [1.82, 2.24) is 10.2 Å². The van der Waals surface area contributed by atoms with Crippen LogP contribution in [0, 0.1) is 5.92 Å². The van der Waals surface area contributed by atoms with Crippen LogP contribution < -0.4 is 5.32 Å². The number of hydrogen-bond acceptors (Lipinski definition) is 2. The monoisotopic (exact) mass is 198 g/mol. The zero-order chi connectivity index (χ0) is 10.6. The van der Waals surface area contributed by atoms with Crippen molar-refractivity contribution in [3.8, 4) is 0 Å². The normalized spacial score (nSPS) is 30.6. The molecule has 2 nitrogen and oxygen atoms in total. The predicted molar refractivity (Wildman–Crippen MR) is 62.6 cm³/mol. The molecule has 3 atom stereocenters. The molecule has 0 aromatic heterocycles. The van der Waals surface area contributed by atoms with E-state index in [9.17, 15) is 0 Å². The highest BCUT2D eigenvalue weighted by Crippen LogP contribution is 2.19. The minimum absolute atomic E-state index is 0.729. The Morgan fingerprint density at radius 1 is 1.50 bits per heavy atom. The molecule has 1 fully saturated rings. The summed E-state index contributed by atoms with van der Waals surface area (Å²) in [6.45, 7) is 9.39. The third-order valence-electron chi connectivity index (χ3n) is 3.71. The lowest BCUT2D eigenvalue weighted by Gasteiger charge is -2.40. The van der Waals surface area contributed by atoms with Crippen LogP contribution in [0.3, 0.4) is 0 Å². The van der Waals surface area contributed by atoms with Crippen LogP contribution in [0.4, 0.5) is 0 Å². The van der Waals surface area contributed by atoms with Crippen molar-refractivity contribution < 1.29 is 0 Å². The molecule has 1 saturated heterocycles. The van der Waals surface area contributed by atoms with Crippen LogP contribution in [0.2, 0.25) is 0 Å². The zero-order valence-electron chi connectivity index (χ0n) is 10.2. The van der Waals surface area contributed by atoms with Gasteiger partial charge in [-0.3, -0.25) is 4.90 Å². The molecule has 1 rings (SSSR count). The highest BCUT2D eigenvalue weighted by atomic mass is 15.2. The number of hydrogen-bond donors (Lipinski definition) is 1. The molecular formula is C12H26N2. The first-order chi connectivity index (χ1) is 6.66. The van der Waals surface area contributed by atoms with E-state index in [1.54, 1.807) is 0 Å². The summed E-state index contributed by atoms with van der Waals surface area (Å²) in [5, 5.41) is 3.50. The Bertz CT molecular complexity index is 158. The summed E-state index contributed by atoms with van der Waals surface area (Å²) < 4.78 is 0. The first-order valence-electron chi connectivity index (χ1n) is 6.09. The molecule has 0 bridgehead atoms. The van der Waals surface area contributed by atoms with Crippen LogP contribution >= 0.6 is 0 Å². The summed E-state index contributed by atoms with van der Waals surface area (Å²) in [7, 11) is 2.29. The summed E-state index contributed by atoms with van der Waals surface area (Å²) in [4.78, 5) is 2.57. The van der Waals surface area contributed by atoms with Gasteiger partial charge in [-0.05, 0) is 39.3 Å². The second-order valence-corrected chi connectivity index (χ2v) is 4.84. The summed E-state index contributed by atoms with van der Waals surface area (Å²) in [5.74, 6) is 0.848. The molecule has 0 amide bonds. The van der Waals surface area contributed by atoms with Crippen LogP contribution in [0.5, 0.6) is 0 Å². The average molecular weight is 198 g/mol. The molecule has 0 aromatic rings. The first-order valence-corrected chi connectivity index (χ1v) is 6.09. The van der Waals surface area contributed by atoms with Gasteiger partial charge in [-0.1, -0.05) is 20.3 Å². The summed E-state index contributed by atoms with van der Waals surface area (Å²) in [6.07, 6.45) is 3.94. The van der Waals surface area contributed by atoms with E-state index >= 15 is 0 Å². The van der Waals surface area contributed by atoms with Gasteiger partial charge in [-0.15, -0.1) is 0 Å². The van der Waals surface area contributed by atoms with E-state index in [1.165, 1.54) is 32.4 Å². The van der Waals surface area contributed by atoms with Crippen molar-refractivity contribution in [2.45, 2.75) is 52.1 Å². The van der Waals surface area contributed by atoms with Crippen LogP contribution in [0.25, 0.3) is 0 Å². The Kier molecular flexibility index (Phi) is 4.90. The first kappa shape index (κ1) is 12.0. The molecular weight excluding hydrogens is 172 g/mol. The predicted octanol–water partition coefficient (Wildman–Crippen LogP) is 2.10. The third kappa shape index (κ3) is 2.96. The van der Waals surface area contributed by atoms with E-state index in [-0.39, 0.29) is 0 Å². The quantitative estimate of drug-likeness (QED) is 0.744. The molecule has 0 radical (unpaired) electrons. The molecule has 14 heavy (non-hydrogen) atoms. The Balaban J connectivity index is 2.44. The number of rotatable bonds is 4. The SMILES string of the molecule is CCCC(C)N(C)C1CNCCC1C. The lowest BCUT2D eigenvalue weighted by molar-refractivity contribution is 0.109. The van der Waals surface area contributed by atoms with Gasteiger partial charge in [-0.25, -0.2) is 0 Å². The van der Waals surface area contributed by atoms with Crippen molar-refractivity contribution in [2.24, 2.45) is 5.92 Å². The fourth-order valence-electron chi connectivity index (χ4n) is 2.47. The van der Waals surface area contributed by atoms with Gasteiger partial charge < -0.3 is 5.32 Å². The molecule has 1 aliphatic rings. The molecule has 0 spiro atoms. The fourth-order valence-corrected chi connectivity index (χ4v) is 2.47. The number of piperidine rings is 1. The van der Waals surface area contributed by atoms with Gasteiger partial charge in [-0.2, -0.15) is 0 Å². The summed E-state index contributed by atoms with van der Waals surface area (Å²) >= 11 is 0. The topological polar surface area (TPSA) is 15.3 Å². The van der Waals surface area contributed by atoms with Crippen molar-refractivity contribution in [3.63, 3.8) is 0 Å². The maximum absolute atomic E-state index is 3.50. The van der Waals surface area contributed by atoms with Crippen molar-refractivity contribution in [3.05, 3.63) is 0 Å². The Morgan fingerprint density at radius 3 is 2.79 bits per heavy atom. The van der Waals surface area contributed by atoms with Crippen LogP contribution in [-0.4, -0.2) is 37.1 Å². The lowest BCUT2D eigenvalue weighted by atomic mass is 9.92. The van der Waals surface area contributed by atoms with Crippen molar-refractivity contribution in [2.75, 3.05) is 20.1 Å². The average Bonchev–Trinajstić information content (AvgIpc) is 2.18. The standard InChI is InChI=1S/C12H26N2/c1-5-6-11(3)14(4)12-9-13-8-7-10(12)2/h10-13H,5-9H2,1-4H3. The van der Waals surface area contributed by atoms with E-state index in [4.69, 9.17) is 0 Å². The molecule has 1 aliphatic heterocycles. The van der Waals surface area contributed by atoms with Crippen LogP contribution in [-0.2, 0) is 0 Å². The minimum Gasteiger partial charge on any atom is -0.315 e. The second kappa shape index (κ2) is 5.72. The third-order valence-corrected chi connectivity index (χ3v) is 3.71. The van der Waals surface area contributed by atoms with Gasteiger partial charge in [0.2, 0.25) is 0 Å². The van der Waals surface area contributed by atoms with E-state index in [2.05, 4.69) is 38.0 Å². The lowest BCUT2D eigenvalue weighted by Crippen LogP contribution is -2.51. The molecule has 2 heteroatoms. The van der Waals surface area contributed by atoms with E-state index in [0.29, 0.717) is 0 Å². The fraction of sp³-hybridized carbons (Fsp3) is 1.00. The van der Waals surface area contributed by atoms with E-state index < -0.39 is 0 Å². The highest BCUT2D eigenvalue weighted by Gasteiger charge is 2.26. The van der Waals surface area contributed by atoms with Gasteiger partial charge in [0.15, 0.2) is 0 Å². The molecule has 84 valence electrons. The second-order valence-electron chi connectivity index (χ2n) is 4.84. The molecule has 3 unspecified atom stereocenters. The molecule has 0 saturated carbocycles. The summed E-state index contributed by atoms with van der Waals surface area (Å²) in [6, 6.07) is 1.47. The molecule has 0 aromatic carbocycles. The Hall–Kier alpha value is -0.0800. The summed E-state index contributed by atoms with van der Waals surface area (Å²) in [5.41, 5.74) is 0. The van der Waals surface area contributed by atoms with Gasteiger partial charge >= 0.3 is 0 Å². The molecule has 1 N–H and O–H groups in total. The minimum atomic E-state index is 0.729. The Morgan fingerprint density at radius 2 is 2.21 bits per heavy atom. The Labute approximate surface area is 89.1 Å². The van der Waals surface area contributed by atoms with Gasteiger partial charge in [0.05, 0.1) is 0 Å². The zero-order valence-corrected chi connectivity index (χ0v) is 10.2. The molecule has 1 heterocycles. The smallest absolute Gasteiger partial charge is 0.0246 e. The largest absolute Gasteiger partial charge is 0.315 e. The molecule has 0 aliphatic carbocycles. The maximum atomic E-state index is 3.50. The van der Waals surface area contributed by atoms with E-state index in [1.807, 2.05) is 0 Å². The maximum Gasteiger partial charge on any atom is 0.0246 e. The van der Waals surface area contributed by atoms with E-state index in [0.717, 1.165) is 18.0 Å². The number of nitrogens with zero attached hydrogens (tertiary/aromatic N) is 1.